The minimum Gasteiger partial charge on any atom is -0.458 e. The molecular formula is C63H54BN5O. The summed E-state index contributed by atoms with van der Waals surface area (Å²) in [6.07, 6.45) is 0. The van der Waals surface area contributed by atoms with Crippen LogP contribution in [0.2, 0.25) is 0 Å². The first-order chi connectivity index (χ1) is 33.6. The summed E-state index contributed by atoms with van der Waals surface area (Å²) in [7, 11) is 0. The summed E-state index contributed by atoms with van der Waals surface area (Å²) >= 11 is 0. The number of rotatable bonds is 4. The molecule has 0 saturated heterocycles. The predicted octanol–water partition coefficient (Wildman–Crippen LogP) is 13.9. The van der Waals surface area contributed by atoms with Crippen LogP contribution >= 0.6 is 0 Å². The number of nitrogens with zero attached hydrogens (tertiary/aromatic N) is 5. The van der Waals surface area contributed by atoms with E-state index in [2.05, 4.69) is 199 Å². The fraction of sp³-hybridized carbons (Fsp3) is 0.190. The molecule has 0 N–H and O–H groups in total. The summed E-state index contributed by atoms with van der Waals surface area (Å²) in [5, 5.41) is 4.83. The van der Waals surface area contributed by atoms with E-state index in [0.29, 0.717) is 17.5 Å². The molecule has 0 atom stereocenters. The molecule has 340 valence electrons. The van der Waals surface area contributed by atoms with E-state index in [1.54, 1.807) is 0 Å². The lowest BCUT2D eigenvalue weighted by Gasteiger charge is -2.35. The Morgan fingerprint density at radius 3 is 1.67 bits per heavy atom. The van der Waals surface area contributed by atoms with Crippen molar-refractivity contribution < 1.29 is 4.74 Å². The minimum absolute atomic E-state index is 0.0242. The van der Waals surface area contributed by atoms with Crippen molar-refractivity contribution in [1.82, 2.24) is 24.1 Å². The molecule has 7 heteroatoms. The summed E-state index contributed by atoms with van der Waals surface area (Å²) in [5.41, 5.74) is 17.0. The van der Waals surface area contributed by atoms with Gasteiger partial charge in [0.25, 0.3) is 6.71 Å². The van der Waals surface area contributed by atoms with Crippen LogP contribution in [0.1, 0.15) is 79.0 Å². The average Bonchev–Trinajstić information content (AvgIpc) is 3.88. The Kier molecular flexibility index (Phi) is 9.00. The Morgan fingerprint density at radius 1 is 0.414 bits per heavy atom. The van der Waals surface area contributed by atoms with Crippen LogP contribution in [0, 0.1) is 0 Å². The highest BCUT2D eigenvalue weighted by molar-refractivity contribution is 6.99. The average molecular weight is 908 g/mol. The van der Waals surface area contributed by atoms with Gasteiger partial charge in [0.05, 0.1) is 22.2 Å². The van der Waals surface area contributed by atoms with E-state index in [1.807, 2.05) is 36.4 Å². The van der Waals surface area contributed by atoms with Crippen LogP contribution < -0.4 is 21.1 Å². The van der Waals surface area contributed by atoms with Crippen LogP contribution in [0.15, 0.2) is 164 Å². The third-order valence-electron chi connectivity index (χ3n) is 14.9. The monoisotopic (exact) mass is 907 g/mol. The van der Waals surface area contributed by atoms with Gasteiger partial charge < -0.3 is 13.9 Å². The highest BCUT2D eigenvalue weighted by Crippen LogP contribution is 2.44. The lowest BCUT2D eigenvalue weighted by atomic mass is 9.34. The second kappa shape index (κ2) is 14.9. The first-order valence-corrected chi connectivity index (χ1v) is 24.6. The molecule has 0 saturated carbocycles. The first-order valence-electron chi connectivity index (χ1n) is 24.6. The zero-order valence-electron chi connectivity index (χ0n) is 41.3. The van der Waals surface area contributed by atoms with Gasteiger partial charge in [0.2, 0.25) is 0 Å². The summed E-state index contributed by atoms with van der Waals surface area (Å²) < 4.78 is 12.3. The summed E-state index contributed by atoms with van der Waals surface area (Å²) in [4.78, 5) is 15.6. The predicted molar refractivity (Wildman–Crippen MR) is 292 cm³/mol. The van der Waals surface area contributed by atoms with E-state index in [0.717, 1.165) is 61.4 Å². The molecule has 0 unspecified atom stereocenters. The maximum Gasteiger partial charge on any atom is 0.256 e. The van der Waals surface area contributed by atoms with Gasteiger partial charge in [-0.1, -0.05) is 178 Å². The molecule has 0 radical (unpaired) electrons. The Labute approximate surface area is 409 Å². The van der Waals surface area contributed by atoms with Crippen molar-refractivity contribution in [3.8, 4) is 57.0 Å². The molecule has 5 heterocycles. The number of aromatic nitrogens is 5. The molecule has 13 rings (SSSR count). The third kappa shape index (κ3) is 6.43. The largest absolute Gasteiger partial charge is 0.458 e. The second-order valence-corrected chi connectivity index (χ2v) is 22.5. The van der Waals surface area contributed by atoms with Crippen molar-refractivity contribution in [1.29, 1.82) is 0 Å². The highest BCUT2D eigenvalue weighted by Gasteiger charge is 2.42. The number of hydrogen-bond acceptors (Lipinski definition) is 4. The van der Waals surface area contributed by atoms with Gasteiger partial charge in [-0.3, -0.25) is 0 Å². The third-order valence-corrected chi connectivity index (χ3v) is 14.9. The Balaban J connectivity index is 1.15. The molecule has 70 heavy (non-hydrogen) atoms. The van der Waals surface area contributed by atoms with Crippen LogP contribution in [0.5, 0.6) is 11.5 Å². The number of fused-ring (bicyclic) bond motifs is 10. The Morgan fingerprint density at radius 2 is 0.986 bits per heavy atom. The molecule has 0 amide bonds. The lowest BCUT2D eigenvalue weighted by molar-refractivity contribution is 0.486. The molecule has 3 aromatic heterocycles. The van der Waals surface area contributed by atoms with E-state index in [9.17, 15) is 0 Å². The smallest absolute Gasteiger partial charge is 0.256 e. The number of benzene rings is 8. The number of ether oxygens (including phenoxy) is 1. The summed E-state index contributed by atoms with van der Waals surface area (Å²) in [6.45, 7) is 20.8. The van der Waals surface area contributed by atoms with E-state index >= 15 is 0 Å². The fourth-order valence-corrected chi connectivity index (χ4v) is 11.2. The zero-order valence-corrected chi connectivity index (χ0v) is 41.3. The molecular weight excluding hydrogens is 854 g/mol. The highest BCUT2D eigenvalue weighted by atomic mass is 16.5. The molecule has 2 aliphatic heterocycles. The molecule has 8 aromatic carbocycles. The van der Waals surface area contributed by atoms with Crippen LogP contribution in [-0.4, -0.2) is 30.8 Å². The van der Waals surface area contributed by atoms with Gasteiger partial charge in [0.1, 0.15) is 11.5 Å². The van der Waals surface area contributed by atoms with E-state index in [-0.39, 0.29) is 23.0 Å². The first kappa shape index (κ1) is 42.3. The molecule has 11 aromatic rings. The Bertz CT molecular complexity index is 3920. The number of hydrogen-bond donors (Lipinski definition) is 0. The lowest BCUT2D eigenvalue weighted by Crippen LogP contribution is -2.58. The maximum atomic E-state index is 7.30. The van der Waals surface area contributed by atoms with Gasteiger partial charge in [-0.2, -0.15) is 0 Å². The minimum atomic E-state index is -0.0779. The quantitative estimate of drug-likeness (QED) is 0.165. The molecule has 2 aliphatic rings. The van der Waals surface area contributed by atoms with Gasteiger partial charge in [-0.15, -0.1) is 0 Å². The van der Waals surface area contributed by atoms with Crippen molar-refractivity contribution in [3.05, 3.63) is 180 Å². The SMILES string of the molecule is CC(C)(C)c1ccc2c(c1)B1c3c(cc(-n4c5ccccc5c5cccc(-c6nc(-c7ccccc7)nc(-c7ccccc7)n6)c54)cc3-n3c4ccc(C(C)(C)C)cc4c4cc(C(C)(C)C)cc1c43)O2. The molecule has 0 fully saturated rings. The number of para-hydroxylation sites is 2. The molecule has 0 spiro atoms. The zero-order chi connectivity index (χ0) is 48.0. The van der Waals surface area contributed by atoms with Gasteiger partial charge in [-0.05, 0) is 91.8 Å². The Hall–Kier alpha value is -7.77. The van der Waals surface area contributed by atoms with Gasteiger partial charge in [0, 0.05) is 55.5 Å². The fourth-order valence-electron chi connectivity index (χ4n) is 11.2. The summed E-state index contributed by atoms with van der Waals surface area (Å²) in [5.74, 6) is 3.63. The van der Waals surface area contributed by atoms with Crippen LogP contribution in [0.25, 0.3) is 89.2 Å². The topological polar surface area (TPSA) is 57.8 Å². The van der Waals surface area contributed by atoms with Crippen molar-refractivity contribution in [2.24, 2.45) is 0 Å². The van der Waals surface area contributed by atoms with Crippen molar-refractivity contribution >= 4 is 66.7 Å². The second-order valence-electron chi connectivity index (χ2n) is 22.5. The van der Waals surface area contributed by atoms with Gasteiger partial charge in [-0.25, -0.2) is 15.0 Å². The van der Waals surface area contributed by atoms with Crippen molar-refractivity contribution in [2.75, 3.05) is 0 Å². The summed E-state index contributed by atoms with van der Waals surface area (Å²) in [6, 6.07) is 59.4. The molecule has 0 aliphatic carbocycles. The van der Waals surface area contributed by atoms with Crippen molar-refractivity contribution in [2.45, 2.75) is 78.6 Å². The normalized spacial score (nSPS) is 13.3. The van der Waals surface area contributed by atoms with E-state index in [4.69, 9.17) is 19.7 Å². The van der Waals surface area contributed by atoms with Crippen LogP contribution in [-0.2, 0) is 16.2 Å². The standard InChI is InChI=1S/C63H54BN5O/c1-61(2,3)39-27-29-51-46(31-39)47-32-41(63(7,8)9)34-49-57(47)69(51)52-35-42(36-54-55(52)64(49)48-33-40(62(4,5)6)28-30-53(48)70-54)68-50-26-17-16-23-43(50)44-24-18-25-45(56(44)68)60-66-58(37-19-12-10-13-20-37)65-59(67-60)38-21-14-11-15-22-38/h10-36H,1-9H3. The maximum absolute atomic E-state index is 7.30. The molecule has 6 nitrogen and oxygen atoms in total. The van der Waals surface area contributed by atoms with Gasteiger partial charge >= 0.3 is 0 Å². The van der Waals surface area contributed by atoms with Crippen molar-refractivity contribution in [3.63, 3.8) is 0 Å². The van der Waals surface area contributed by atoms with E-state index in [1.165, 1.54) is 54.9 Å². The van der Waals surface area contributed by atoms with Crippen LogP contribution in [0.3, 0.4) is 0 Å². The van der Waals surface area contributed by atoms with Crippen LogP contribution in [0.4, 0.5) is 0 Å². The molecule has 0 bridgehead atoms. The van der Waals surface area contributed by atoms with Gasteiger partial charge in [0.15, 0.2) is 17.5 Å². The van der Waals surface area contributed by atoms with E-state index < -0.39 is 0 Å².